The number of carbonyl (C=O) groups excluding carboxylic acids is 2. The van der Waals surface area contributed by atoms with Crippen molar-refractivity contribution < 1.29 is 24.2 Å². The maximum Gasteiger partial charge on any atom is 0.306 e. The first kappa shape index (κ1) is 68.8. The van der Waals surface area contributed by atoms with Gasteiger partial charge in [0.05, 0.1) is 6.61 Å². The molecule has 0 radical (unpaired) electrons. The number of rotatable bonds is 53. The fourth-order valence-electron chi connectivity index (χ4n) is 7.91. The Morgan fingerprint density at radius 2 is 0.589 bits per heavy atom. The van der Waals surface area contributed by atoms with Gasteiger partial charge in [0.25, 0.3) is 0 Å². The molecule has 0 saturated carbocycles. The summed E-state index contributed by atoms with van der Waals surface area (Å²) < 4.78 is 10.7. The van der Waals surface area contributed by atoms with Crippen LogP contribution in [-0.2, 0) is 19.1 Å². The van der Waals surface area contributed by atoms with Crippen LogP contribution in [0.2, 0.25) is 0 Å². The number of hydrogen-bond acceptors (Lipinski definition) is 5. The lowest BCUT2D eigenvalue weighted by Crippen LogP contribution is -2.28. The van der Waals surface area contributed by atoms with Gasteiger partial charge in [-0.3, -0.25) is 9.59 Å². The van der Waals surface area contributed by atoms with Crippen molar-refractivity contribution in [3.8, 4) is 0 Å². The van der Waals surface area contributed by atoms with Crippen molar-refractivity contribution in [1.29, 1.82) is 0 Å². The van der Waals surface area contributed by atoms with E-state index in [1.807, 2.05) is 0 Å². The Labute approximate surface area is 450 Å². The zero-order valence-corrected chi connectivity index (χ0v) is 47.1. The van der Waals surface area contributed by atoms with E-state index in [-0.39, 0.29) is 25.2 Å². The maximum absolute atomic E-state index is 12.3. The summed E-state index contributed by atoms with van der Waals surface area (Å²) in [7, 11) is 0. The van der Waals surface area contributed by atoms with Gasteiger partial charge in [-0.15, -0.1) is 0 Å². The predicted octanol–water partition coefficient (Wildman–Crippen LogP) is 20.6. The van der Waals surface area contributed by atoms with Crippen LogP contribution in [0.25, 0.3) is 0 Å². The van der Waals surface area contributed by atoms with Crippen molar-refractivity contribution in [3.05, 3.63) is 146 Å². The average Bonchev–Trinajstić information content (AvgIpc) is 3.39. The lowest BCUT2D eigenvalue weighted by molar-refractivity contribution is -0.161. The van der Waals surface area contributed by atoms with E-state index < -0.39 is 6.10 Å². The highest BCUT2D eigenvalue weighted by atomic mass is 16.6. The summed E-state index contributed by atoms with van der Waals surface area (Å²) in [6.07, 6.45) is 93.9. The fraction of sp³-hybridized carbons (Fsp3) is 0.618. The molecule has 1 atom stereocenters. The lowest BCUT2D eigenvalue weighted by atomic mass is 10.0. The minimum Gasteiger partial charge on any atom is -0.462 e. The summed E-state index contributed by atoms with van der Waals surface area (Å²) in [5, 5.41) is 9.65. The molecular formula is C68H110O5. The molecule has 73 heavy (non-hydrogen) atoms. The van der Waals surface area contributed by atoms with Crippen LogP contribution in [-0.4, -0.2) is 36.4 Å². The largest absolute Gasteiger partial charge is 0.462 e. The zero-order valence-electron chi connectivity index (χ0n) is 47.1. The molecule has 0 amide bonds. The van der Waals surface area contributed by atoms with Crippen LogP contribution in [0, 0.1) is 0 Å². The molecule has 0 aliphatic heterocycles. The molecule has 0 saturated heterocycles. The van der Waals surface area contributed by atoms with E-state index in [0.29, 0.717) is 12.8 Å². The van der Waals surface area contributed by atoms with Crippen LogP contribution in [0.1, 0.15) is 251 Å². The van der Waals surface area contributed by atoms with Gasteiger partial charge in [-0.1, -0.05) is 262 Å². The monoisotopic (exact) mass is 1010 g/mol. The summed E-state index contributed by atoms with van der Waals surface area (Å²) in [6.45, 7) is 4.00. The van der Waals surface area contributed by atoms with E-state index in [1.54, 1.807) is 0 Å². The number of unbranched alkanes of at least 4 members (excludes halogenated alkanes) is 21. The van der Waals surface area contributed by atoms with Crippen molar-refractivity contribution in [2.24, 2.45) is 0 Å². The topological polar surface area (TPSA) is 72.8 Å². The Balaban J connectivity index is 3.59. The maximum atomic E-state index is 12.3. The van der Waals surface area contributed by atoms with Crippen LogP contribution in [0.4, 0.5) is 0 Å². The molecule has 0 aromatic carbocycles. The van der Waals surface area contributed by atoms with Gasteiger partial charge >= 0.3 is 11.9 Å². The Kier molecular flexibility index (Phi) is 58.5. The highest BCUT2D eigenvalue weighted by Crippen LogP contribution is 2.14. The number of aliphatic hydroxyl groups is 1. The van der Waals surface area contributed by atoms with E-state index in [2.05, 4.69) is 160 Å². The van der Waals surface area contributed by atoms with Gasteiger partial charge in [0.2, 0.25) is 0 Å². The average molecular weight is 1010 g/mol. The molecule has 0 fully saturated rings. The number of carbonyl (C=O) groups is 2. The number of aliphatic hydroxyl groups excluding tert-OH is 1. The second-order valence-corrected chi connectivity index (χ2v) is 19.3. The smallest absolute Gasteiger partial charge is 0.306 e. The lowest BCUT2D eigenvalue weighted by Gasteiger charge is -2.15. The first-order valence-electron chi connectivity index (χ1n) is 29.9. The van der Waals surface area contributed by atoms with Crippen molar-refractivity contribution in [2.45, 2.75) is 258 Å². The Bertz CT molecular complexity index is 1560. The molecule has 0 aliphatic carbocycles. The minimum atomic E-state index is -0.787. The van der Waals surface area contributed by atoms with Gasteiger partial charge in [-0.25, -0.2) is 0 Å². The van der Waals surface area contributed by atoms with Crippen molar-refractivity contribution in [1.82, 2.24) is 0 Å². The quantitative estimate of drug-likeness (QED) is 0.0373. The Morgan fingerprint density at radius 3 is 0.890 bits per heavy atom. The van der Waals surface area contributed by atoms with E-state index in [0.717, 1.165) is 116 Å². The molecule has 412 valence electrons. The Hall–Kier alpha value is -4.22. The van der Waals surface area contributed by atoms with Gasteiger partial charge < -0.3 is 14.6 Å². The molecule has 5 nitrogen and oxygen atoms in total. The minimum absolute atomic E-state index is 0.0784. The van der Waals surface area contributed by atoms with Crippen molar-refractivity contribution in [3.63, 3.8) is 0 Å². The van der Waals surface area contributed by atoms with E-state index >= 15 is 0 Å². The predicted molar refractivity (Wildman–Crippen MR) is 320 cm³/mol. The number of allylic oxidation sites excluding steroid dienone is 24. The molecular weight excluding hydrogens is 897 g/mol. The summed E-state index contributed by atoms with van der Waals surface area (Å²) >= 11 is 0. The van der Waals surface area contributed by atoms with Crippen molar-refractivity contribution >= 4 is 11.9 Å². The number of ether oxygens (including phenoxy) is 2. The molecule has 0 bridgehead atoms. The van der Waals surface area contributed by atoms with E-state index in [9.17, 15) is 14.7 Å². The molecule has 5 heteroatoms. The molecule has 0 aromatic rings. The second-order valence-electron chi connectivity index (χ2n) is 19.3. The summed E-state index contributed by atoms with van der Waals surface area (Å²) in [4.78, 5) is 24.5. The number of esters is 2. The number of hydrogen-bond donors (Lipinski definition) is 1. The van der Waals surface area contributed by atoms with Crippen molar-refractivity contribution in [2.75, 3.05) is 13.2 Å². The summed E-state index contributed by atoms with van der Waals surface area (Å²) in [6, 6.07) is 0. The third-order valence-electron chi connectivity index (χ3n) is 12.4. The molecule has 0 rings (SSSR count). The second kappa shape index (κ2) is 62.1. The molecule has 0 aliphatic rings. The molecule has 0 spiro atoms. The van der Waals surface area contributed by atoms with Crippen LogP contribution in [0.5, 0.6) is 0 Å². The molecule has 1 N–H and O–H groups in total. The van der Waals surface area contributed by atoms with Crippen LogP contribution in [0.15, 0.2) is 146 Å². The first-order valence-corrected chi connectivity index (χ1v) is 29.9. The van der Waals surface area contributed by atoms with E-state index in [1.165, 1.54) is 109 Å². The molecule has 0 heterocycles. The SMILES string of the molecule is CC/C=C\C/C=C\C/C=C\C/C=C\C/C=C\C/C=C\C/C=C\C/C=C\C/C=C\C/C=C\CCCCCCCCCCCCC(=O)OC(CO)COC(=O)CCCCCCCCC/C=C\C/C=C\CCCCCC. The molecule has 0 aromatic heterocycles. The Morgan fingerprint density at radius 1 is 0.329 bits per heavy atom. The van der Waals surface area contributed by atoms with Crippen LogP contribution in [0.3, 0.4) is 0 Å². The third-order valence-corrected chi connectivity index (χ3v) is 12.4. The van der Waals surface area contributed by atoms with Gasteiger partial charge in [-0.2, -0.15) is 0 Å². The zero-order chi connectivity index (χ0) is 52.7. The van der Waals surface area contributed by atoms with Gasteiger partial charge in [0, 0.05) is 12.8 Å². The summed E-state index contributed by atoms with van der Waals surface area (Å²) in [5.41, 5.74) is 0. The van der Waals surface area contributed by atoms with Gasteiger partial charge in [-0.05, 0) is 122 Å². The first-order chi connectivity index (χ1) is 36.1. The molecule has 1 unspecified atom stereocenters. The van der Waals surface area contributed by atoms with Crippen LogP contribution < -0.4 is 0 Å². The normalized spacial score (nSPS) is 13.3. The van der Waals surface area contributed by atoms with Gasteiger partial charge in [0.1, 0.15) is 6.61 Å². The van der Waals surface area contributed by atoms with E-state index in [4.69, 9.17) is 9.47 Å². The van der Waals surface area contributed by atoms with Crippen LogP contribution >= 0.6 is 0 Å². The summed E-state index contributed by atoms with van der Waals surface area (Å²) in [5.74, 6) is -0.610. The highest BCUT2D eigenvalue weighted by molar-refractivity contribution is 5.70. The fourth-order valence-corrected chi connectivity index (χ4v) is 7.91. The third kappa shape index (κ3) is 60.2. The standard InChI is InChI=1S/C68H110O5/c1-3-5-7-9-11-13-15-17-19-21-23-24-25-26-27-28-29-30-31-32-33-34-35-36-37-38-39-40-41-42-43-44-45-47-49-51-53-55-57-59-61-63-68(71)73-66(64-69)65-72-67(70)62-60-58-56-54-52-50-48-46-22-20-18-16-14-12-10-8-6-4-2/h5,7,11,13-14,16-17,19-20,22-24,26-27,29-30,32-33,35-36,38-39,41-42,66,69H,3-4,6,8-10,12,15,18,21,25,28,31,34,37,40,43-65H2,1-2H3/b7-5-,13-11-,16-14-,19-17-,22-20-,24-23-,27-26-,30-29-,33-32-,36-35-,39-38-,42-41-. The highest BCUT2D eigenvalue weighted by Gasteiger charge is 2.16. The van der Waals surface area contributed by atoms with Gasteiger partial charge in [0.15, 0.2) is 6.10 Å².